The van der Waals surface area contributed by atoms with E-state index in [1.54, 1.807) is 6.92 Å². The number of methoxy groups -OCH3 is 1. The molecule has 0 aliphatic rings. The van der Waals surface area contributed by atoms with Crippen LogP contribution in [0.25, 0.3) is 0 Å². The van der Waals surface area contributed by atoms with E-state index in [1.165, 1.54) is 13.2 Å². The number of aromatic carboxylic acids is 1. The van der Waals surface area contributed by atoms with Gasteiger partial charge in [-0.25, -0.2) is 4.79 Å². The monoisotopic (exact) mass is 278 g/mol. The average Bonchev–Trinajstić information content (AvgIpc) is 2.33. The Labute approximate surface area is 107 Å². The van der Waals surface area contributed by atoms with Crippen LogP contribution in [0, 0.1) is 0 Å². The normalized spacial score (nSPS) is 11.2. The second-order valence-corrected chi connectivity index (χ2v) is 3.69. The van der Waals surface area contributed by atoms with Crippen LogP contribution in [-0.2, 0) is 6.42 Å². The molecule has 0 saturated carbocycles. The van der Waals surface area contributed by atoms with Crippen molar-refractivity contribution in [2.24, 2.45) is 0 Å². The molecule has 1 aromatic carbocycles. The van der Waals surface area contributed by atoms with Gasteiger partial charge in [0, 0.05) is 5.56 Å². The molecule has 1 rings (SSSR count). The van der Waals surface area contributed by atoms with Crippen LogP contribution in [0.2, 0.25) is 0 Å². The maximum atomic E-state index is 12.1. The van der Waals surface area contributed by atoms with Gasteiger partial charge in [0.25, 0.3) is 0 Å². The van der Waals surface area contributed by atoms with Crippen LogP contribution in [0.3, 0.4) is 0 Å². The number of carboxylic acid groups (broad SMARTS) is 1. The molecule has 0 aromatic heterocycles. The molecule has 4 nitrogen and oxygen atoms in total. The molecular weight excluding hydrogens is 265 g/mol. The fraction of sp³-hybridized carbons (Fsp3) is 0.417. The Bertz CT molecular complexity index is 469. The molecule has 0 aliphatic carbocycles. The second kappa shape index (κ2) is 5.81. The minimum Gasteiger partial charge on any atom is -0.493 e. The average molecular weight is 278 g/mol. The first-order chi connectivity index (χ1) is 8.80. The summed E-state index contributed by atoms with van der Waals surface area (Å²) in [6.07, 6.45) is -4.17. The number of carbonyl (C=O) groups is 1. The number of benzene rings is 1. The SMILES string of the molecule is CCc1c(C(=O)O)ccc(OCC(F)(F)F)c1OC. The molecule has 1 N–H and O–H groups in total. The van der Waals surface area contributed by atoms with E-state index in [9.17, 15) is 18.0 Å². The van der Waals surface area contributed by atoms with E-state index in [0.717, 1.165) is 6.07 Å². The first kappa shape index (κ1) is 15.1. The summed E-state index contributed by atoms with van der Waals surface area (Å²) in [5.74, 6) is -1.27. The van der Waals surface area contributed by atoms with Crippen LogP contribution < -0.4 is 9.47 Å². The standard InChI is InChI=1S/C12H13F3O4/c1-3-7-8(11(16)17)4-5-9(10(7)18-2)19-6-12(13,14)15/h4-5H,3,6H2,1-2H3,(H,16,17). The van der Waals surface area contributed by atoms with Gasteiger partial charge in [0.15, 0.2) is 18.1 Å². The lowest BCUT2D eigenvalue weighted by molar-refractivity contribution is -0.153. The van der Waals surface area contributed by atoms with Crippen molar-refractivity contribution in [1.29, 1.82) is 0 Å². The Balaban J connectivity index is 3.16. The molecule has 0 bridgehead atoms. The van der Waals surface area contributed by atoms with E-state index >= 15 is 0 Å². The van der Waals surface area contributed by atoms with Crippen LogP contribution in [-0.4, -0.2) is 31.0 Å². The lowest BCUT2D eigenvalue weighted by atomic mass is 10.0. The van der Waals surface area contributed by atoms with Crippen LogP contribution in [0.1, 0.15) is 22.8 Å². The number of hydrogen-bond donors (Lipinski definition) is 1. The van der Waals surface area contributed by atoms with Gasteiger partial charge in [0.2, 0.25) is 0 Å². The maximum Gasteiger partial charge on any atom is 0.422 e. The van der Waals surface area contributed by atoms with Gasteiger partial charge in [0.05, 0.1) is 12.7 Å². The summed E-state index contributed by atoms with van der Waals surface area (Å²) in [6.45, 7) is 0.219. The van der Waals surface area contributed by atoms with Gasteiger partial charge in [0.1, 0.15) is 0 Å². The maximum absolute atomic E-state index is 12.1. The number of halogens is 3. The molecule has 0 amide bonds. The zero-order valence-corrected chi connectivity index (χ0v) is 10.4. The summed E-state index contributed by atoms with van der Waals surface area (Å²) in [4.78, 5) is 11.0. The summed E-state index contributed by atoms with van der Waals surface area (Å²) < 4.78 is 45.9. The molecule has 0 unspecified atom stereocenters. The molecule has 0 heterocycles. The lowest BCUT2D eigenvalue weighted by Crippen LogP contribution is -2.19. The van der Waals surface area contributed by atoms with Crippen molar-refractivity contribution in [2.45, 2.75) is 19.5 Å². The molecule has 0 radical (unpaired) electrons. The van der Waals surface area contributed by atoms with Gasteiger partial charge >= 0.3 is 12.1 Å². The molecule has 0 atom stereocenters. The van der Waals surface area contributed by atoms with E-state index in [2.05, 4.69) is 4.74 Å². The van der Waals surface area contributed by atoms with Gasteiger partial charge in [-0.15, -0.1) is 0 Å². The molecule has 1 aromatic rings. The molecule has 0 aliphatic heterocycles. The van der Waals surface area contributed by atoms with E-state index in [-0.39, 0.29) is 17.1 Å². The highest BCUT2D eigenvalue weighted by atomic mass is 19.4. The Morgan fingerprint density at radius 1 is 1.37 bits per heavy atom. The Morgan fingerprint density at radius 3 is 2.42 bits per heavy atom. The first-order valence-electron chi connectivity index (χ1n) is 5.42. The minimum atomic E-state index is -4.47. The predicted molar refractivity (Wildman–Crippen MR) is 60.9 cm³/mol. The third-order valence-corrected chi connectivity index (χ3v) is 2.40. The topological polar surface area (TPSA) is 55.8 Å². The zero-order chi connectivity index (χ0) is 14.6. The highest BCUT2D eigenvalue weighted by Gasteiger charge is 2.29. The van der Waals surface area contributed by atoms with Crippen molar-refractivity contribution < 1.29 is 32.5 Å². The molecule has 0 fully saturated rings. The van der Waals surface area contributed by atoms with E-state index in [4.69, 9.17) is 9.84 Å². The fourth-order valence-corrected chi connectivity index (χ4v) is 1.65. The van der Waals surface area contributed by atoms with E-state index in [0.29, 0.717) is 12.0 Å². The molecular formula is C12H13F3O4. The predicted octanol–water partition coefficient (Wildman–Crippen LogP) is 2.90. The molecule has 0 saturated heterocycles. The quantitative estimate of drug-likeness (QED) is 0.899. The van der Waals surface area contributed by atoms with E-state index in [1.807, 2.05) is 0 Å². The highest BCUT2D eigenvalue weighted by molar-refractivity contribution is 5.90. The summed E-state index contributed by atoms with van der Waals surface area (Å²) >= 11 is 0. The van der Waals surface area contributed by atoms with Crippen LogP contribution in [0.5, 0.6) is 11.5 Å². The third-order valence-electron chi connectivity index (χ3n) is 2.40. The van der Waals surface area contributed by atoms with Crippen LogP contribution in [0.15, 0.2) is 12.1 Å². The Kier molecular flexibility index (Phi) is 4.63. The van der Waals surface area contributed by atoms with Crippen molar-refractivity contribution in [3.05, 3.63) is 23.3 Å². The Morgan fingerprint density at radius 2 is 2.00 bits per heavy atom. The van der Waals surface area contributed by atoms with Crippen molar-refractivity contribution >= 4 is 5.97 Å². The van der Waals surface area contributed by atoms with Crippen molar-refractivity contribution in [3.8, 4) is 11.5 Å². The van der Waals surface area contributed by atoms with Crippen molar-refractivity contribution in [3.63, 3.8) is 0 Å². The largest absolute Gasteiger partial charge is 0.493 e. The number of rotatable bonds is 5. The number of carboxylic acids is 1. The van der Waals surface area contributed by atoms with Gasteiger partial charge in [-0.2, -0.15) is 13.2 Å². The molecule has 0 spiro atoms. The third kappa shape index (κ3) is 3.77. The van der Waals surface area contributed by atoms with Gasteiger partial charge in [-0.1, -0.05) is 6.92 Å². The summed E-state index contributed by atoms with van der Waals surface area (Å²) in [7, 11) is 1.25. The van der Waals surface area contributed by atoms with Crippen molar-refractivity contribution in [2.75, 3.05) is 13.7 Å². The van der Waals surface area contributed by atoms with Gasteiger partial charge < -0.3 is 14.6 Å². The van der Waals surface area contributed by atoms with Crippen LogP contribution in [0.4, 0.5) is 13.2 Å². The molecule has 19 heavy (non-hydrogen) atoms. The summed E-state index contributed by atoms with van der Waals surface area (Å²) in [5, 5.41) is 8.99. The summed E-state index contributed by atoms with van der Waals surface area (Å²) in [6, 6.07) is 2.36. The fourth-order valence-electron chi connectivity index (χ4n) is 1.65. The second-order valence-electron chi connectivity index (χ2n) is 3.69. The molecule has 106 valence electrons. The lowest BCUT2D eigenvalue weighted by Gasteiger charge is -2.16. The first-order valence-corrected chi connectivity index (χ1v) is 5.42. The smallest absolute Gasteiger partial charge is 0.422 e. The highest BCUT2D eigenvalue weighted by Crippen LogP contribution is 2.35. The van der Waals surface area contributed by atoms with E-state index < -0.39 is 18.8 Å². The van der Waals surface area contributed by atoms with Crippen molar-refractivity contribution in [1.82, 2.24) is 0 Å². The zero-order valence-electron chi connectivity index (χ0n) is 10.4. The summed E-state index contributed by atoms with van der Waals surface area (Å²) in [5.41, 5.74) is 0.286. The number of ether oxygens (including phenoxy) is 2. The van der Waals surface area contributed by atoms with Crippen LogP contribution >= 0.6 is 0 Å². The van der Waals surface area contributed by atoms with Gasteiger partial charge in [-0.3, -0.25) is 0 Å². The molecule has 7 heteroatoms. The minimum absolute atomic E-state index is 0.0151. The Hall–Kier alpha value is -1.92. The number of alkyl halides is 3. The van der Waals surface area contributed by atoms with Gasteiger partial charge in [-0.05, 0) is 18.6 Å². The number of hydrogen-bond acceptors (Lipinski definition) is 3.